The number of hydrogen-bond acceptors (Lipinski definition) is 3. The lowest BCUT2D eigenvalue weighted by Gasteiger charge is -1.99. The van der Waals surface area contributed by atoms with Crippen LogP contribution in [0.4, 0.5) is 0 Å². The van der Waals surface area contributed by atoms with E-state index < -0.39 is 10.0 Å². The smallest absolute Gasteiger partial charge is 0.257 e. The van der Waals surface area contributed by atoms with Gasteiger partial charge in [-0.25, -0.2) is 18.1 Å². The summed E-state index contributed by atoms with van der Waals surface area (Å²) in [7, 11) is -3.37. The molecule has 13 heavy (non-hydrogen) atoms. The van der Waals surface area contributed by atoms with E-state index >= 15 is 0 Å². The molecule has 0 saturated heterocycles. The van der Waals surface area contributed by atoms with E-state index in [0.717, 1.165) is 0 Å². The molecule has 0 bridgehead atoms. The molecule has 0 aromatic carbocycles. The number of sulfonamides is 1. The van der Waals surface area contributed by atoms with Gasteiger partial charge in [-0.15, -0.1) is 0 Å². The van der Waals surface area contributed by atoms with Gasteiger partial charge in [0, 0.05) is 13.0 Å². The zero-order valence-corrected chi connectivity index (χ0v) is 8.48. The number of aromatic amines is 1. The number of nitrogens with one attached hydrogen (secondary N) is 2. The summed E-state index contributed by atoms with van der Waals surface area (Å²) < 4.78 is 25.1. The van der Waals surface area contributed by atoms with Gasteiger partial charge in [0.2, 0.25) is 0 Å². The summed E-state index contributed by atoms with van der Waals surface area (Å²) >= 11 is 0. The summed E-state index contributed by atoms with van der Waals surface area (Å²) in [5.74, 6) is 0.677. The van der Waals surface area contributed by atoms with Crippen LogP contribution in [0.15, 0.2) is 11.2 Å². The first-order chi connectivity index (χ1) is 6.10. The van der Waals surface area contributed by atoms with Crippen molar-refractivity contribution in [3.63, 3.8) is 0 Å². The Morgan fingerprint density at radius 2 is 2.23 bits per heavy atom. The molecular formula is C7H13N3O2S. The molecule has 1 rings (SSSR count). The van der Waals surface area contributed by atoms with Crippen LogP contribution < -0.4 is 4.72 Å². The zero-order valence-electron chi connectivity index (χ0n) is 7.66. The molecule has 6 heteroatoms. The second-order valence-corrected chi connectivity index (χ2v) is 4.28. The van der Waals surface area contributed by atoms with E-state index in [1.54, 1.807) is 6.92 Å². The van der Waals surface area contributed by atoms with Crippen LogP contribution in [0.1, 0.15) is 19.7 Å². The van der Waals surface area contributed by atoms with Crippen LogP contribution in [0.3, 0.4) is 0 Å². The van der Waals surface area contributed by atoms with Crippen LogP contribution in [0.2, 0.25) is 0 Å². The van der Waals surface area contributed by atoms with E-state index in [1.165, 1.54) is 6.20 Å². The van der Waals surface area contributed by atoms with Crippen molar-refractivity contribution in [1.82, 2.24) is 14.7 Å². The lowest BCUT2D eigenvalue weighted by molar-refractivity contribution is 0.580. The van der Waals surface area contributed by atoms with Crippen LogP contribution in [0.5, 0.6) is 0 Å². The van der Waals surface area contributed by atoms with Crippen LogP contribution in [-0.2, 0) is 16.4 Å². The maximum Gasteiger partial charge on any atom is 0.257 e. The van der Waals surface area contributed by atoms with Crippen LogP contribution in [-0.4, -0.2) is 24.9 Å². The van der Waals surface area contributed by atoms with E-state index in [-0.39, 0.29) is 5.03 Å². The summed E-state index contributed by atoms with van der Waals surface area (Å²) in [5, 5.41) is 0.131. The molecule has 0 atom stereocenters. The van der Waals surface area contributed by atoms with Gasteiger partial charge in [0.25, 0.3) is 10.0 Å². The summed E-state index contributed by atoms with van der Waals surface area (Å²) in [6.07, 6.45) is 2.03. The van der Waals surface area contributed by atoms with Gasteiger partial charge in [0.15, 0.2) is 5.03 Å². The molecule has 74 valence electrons. The SMILES string of the molecule is CCNS(=O)(=O)c1cnc(CC)[nH]1. The fourth-order valence-corrected chi connectivity index (χ4v) is 1.91. The average Bonchev–Trinajstić information content (AvgIpc) is 2.52. The molecule has 0 aliphatic heterocycles. The predicted octanol–water partition coefficient (Wildman–Crippen LogP) is 0.270. The highest BCUT2D eigenvalue weighted by Gasteiger charge is 2.14. The van der Waals surface area contributed by atoms with Crippen molar-refractivity contribution < 1.29 is 8.42 Å². The highest BCUT2D eigenvalue weighted by atomic mass is 32.2. The number of aromatic nitrogens is 2. The maximum atomic E-state index is 11.4. The molecule has 2 N–H and O–H groups in total. The zero-order chi connectivity index (χ0) is 9.90. The van der Waals surface area contributed by atoms with Gasteiger partial charge in [0.05, 0.1) is 6.20 Å². The van der Waals surface area contributed by atoms with E-state index in [0.29, 0.717) is 18.8 Å². The molecule has 0 radical (unpaired) electrons. The first kappa shape index (κ1) is 10.2. The minimum absolute atomic E-state index is 0.131. The summed E-state index contributed by atoms with van der Waals surface area (Å²) in [6.45, 7) is 4.01. The highest BCUT2D eigenvalue weighted by Crippen LogP contribution is 2.04. The number of hydrogen-bond donors (Lipinski definition) is 2. The lowest BCUT2D eigenvalue weighted by Crippen LogP contribution is -2.23. The molecule has 0 fully saturated rings. The van der Waals surface area contributed by atoms with E-state index in [9.17, 15) is 8.42 Å². The van der Waals surface area contributed by atoms with Gasteiger partial charge >= 0.3 is 0 Å². The number of H-pyrrole nitrogens is 1. The normalized spacial score (nSPS) is 11.8. The van der Waals surface area contributed by atoms with Crippen LogP contribution in [0, 0.1) is 0 Å². The van der Waals surface area contributed by atoms with Crippen molar-refractivity contribution in [3.8, 4) is 0 Å². The molecule has 5 nitrogen and oxygen atoms in total. The Kier molecular flexibility index (Phi) is 3.05. The molecular weight excluding hydrogens is 190 g/mol. The van der Waals surface area contributed by atoms with E-state index in [1.807, 2.05) is 6.92 Å². The van der Waals surface area contributed by atoms with Crippen molar-refractivity contribution in [2.75, 3.05) is 6.54 Å². The Morgan fingerprint density at radius 1 is 1.54 bits per heavy atom. The largest absolute Gasteiger partial charge is 0.332 e. The third-order valence-corrected chi connectivity index (χ3v) is 3.02. The van der Waals surface area contributed by atoms with Gasteiger partial charge in [-0.05, 0) is 0 Å². The molecule has 0 aliphatic rings. The van der Waals surface area contributed by atoms with Gasteiger partial charge in [0.1, 0.15) is 5.82 Å². The lowest BCUT2D eigenvalue weighted by atomic mass is 10.5. The van der Waals surface area contributed by atoms with Crippen molar-refractivity contribution in [2.45, 2.75) is 25.3 Å². The van der Waals surface area contributed by atoms with Gasteiger partial charge in [-0.1, -0.05) is 13.8 Å². The van der Waals surface area contributed by atoms with Crippen molar-refractivity contribution in [3.05, 3.63) is 12.0 Å². The van der Waals surface area contributed by atoms with Crippen LogP contribution >= 0.6 is 0 Å². The highest BCUT2D eigenvalue weighted by molar-refractivity contribution is 7.89. The van der Waals surface area contributed by atoms with Crippen molar-refractivity contribution in [2.24, 2.45) is 0 Å². The van der Waals surface area contributed by atoms with Crippen LogP contribution in [0.25, 0.3) is 0 Å². The Balaban J connectivity index is 2.94. The number of rotatable bonds is 4. The standard InChI is InChI=1S/C7H13N3O2S/c1-3-6-8-5-7(10-6)13(11,12)9-4-2/h5,9H,3-4H2,1-2H3,(H,8,10). The molecule has 1 heterocycles. The fourth-order valence-electron chi connectivity index (χ4n) is 0.927. The average molecular weight is 203 g/mol. The third kappa shape index (κ3) is 2.28. The third-order valence-electron chi connectivity index (χ3n) is 1.56. The van der Waals surface area contributed by atoms with Crippen molar-refractivity contribution in [1.29, 1.82) is 0 Å². The number of imidazole rings is 1. The minimum atomic E-state index is -3.37. The predicted molar refractivity (Wildman–Crippen MR) is 48.8 cm³/mol. The Labute approximate surface area is 77.6 Å². The fraction of sp³-hybridized carbons (Fsp3) is 0.571. The van der Waals surface area contributed by atoms with Gasteiger partial charge in [-0.2, -0.15) is 0 Å². The van der Waals surface area contributed by atoms with Crippen molar-refractivity contribution >= 4 is 10.0 Å². The topological polar surface area (TPSA) is 74.8 Å². The Morgan fingerprint density at radius 3 is 2.69 bits per heavy atom. The quantitative estimate of drug-likeness (QED) is 0.737. The minimum Gasteiger partial charge on any atom is -0.332 e. The molecule has 0 unspecified atom stereocenters. The van der Waals surface area contributed by atoms with Gasteiger partial charge < -0.3 is 4.98 Å². The van der Waals surface area contributed by atoms with E-state index in [4.69, 9.17) is 0 Å². The number of aryl methyl sites for hydroxylation is 1. The maximum absolute atomic E-state index is 11.4. The summed E-state index contributed by atoms with van der Waals surface area (Å²) in [5.41, 5.74) is 0. The Bertz CT molecular complexity index is 369. The first-order valence-electron chi connectivity index (χ1n) is 4.13. The molecule has 0 saturated carbocycles. The first-order valence-corrected chi connectivity index (χ1v) is 5.62. The number of nitrogens with zero attached hydrogens (tertiary/aromatic N) is 1. The molecule has 0 amide bonds. The second-order valence-electron chi connectivity index (χ2n) is 2.55. The molecule has 0 aliphatic carbocycles. The summed E-state index contributed by atoms with van der Waals surface area (Å²) in [4.78, 5) is 6.63. The second kappa shape index (κ2) is 3.89. The summed E-state index contributed by atoms with van der Waals surface area (Å²) in [6, 6.07) is 0. The Hall–Kier alpha value is -0.880. The monoisotopic (exact) mass is 203 g/mol. The van der Waals surface area contributed by atoms with Gasteiger partial charge in [-0.3, -0.25) is 0 Å². The molecule has 0 spiro atoms. The molecule has 1 aromatic heterocycles. The molecule has 1 aromatic rings. The van der Waals surface area contributed by atoms with E-state index in [2.05, 4.69) is 14.7 Å².